The van der Waals surface area contributed by atoms with Crippen molar-refractivity contribution in [2.24, 2.45) is 5.73 Å². The van der Waals surface area contributed by atoms with Gasteiger partial charge in [0.25, 0.3) is 5.89 Å². The van der Waals surface area contributed by atoms with Gasteiger partial charge in [0, 0.05) is 35.8 Å². The number of para-hydroxylation sites is 2. The van der Waals surface area contributed by atoms with Crippen molar-refractivity contribution in [2.45, 2.75) is 75.7 Å². The molecule has 254 valence electrons. The van der Waals surface area contributed by atoms with Crippen LogP contribution in [0.3, 0.4) is 0 Å². The highest BCUT2D eigenvalue weighted by atomic mass is 35.5. The Kier molecular flexibility index (Phi) is 11.5. The number of ketones is 1. The van der Waals surface area contributed by atoms with E-state index in [0.717, 1.165) is 36.5 Å². The molecule has 0 aliphatic carbocycles. The monoisotopic (exact) mass is 692 g/mol. The molecule has 2 aromatic carbocycles. The summed E-state index contributed by atoms with van der Waals surface area (Å²) in [4.78, 5) is 52.3. The third kappa shape index (κ3) is 8.48. The number of rotatable bonds is 14. The van der Waals surface area contributed by atoms with Crippen molar-refractivity contribution in [2.75, 3.05) is 26.2 Å². The quantitative estimate of drug-likeness (QED) is 0.127. The number of hydrogen-bond donors (Lipinski definition) is 3. The van der Waals surface area contributed by atoms with Crippen LogP contribution in [0.1, 0.15) is 71.4 Å². The van der Waals surface area contributed by atoms with E-state index >= 15 is 0 Å². The molecule has 0 spiro atoms. The third-order valence-electron chi connectivity index (χ3n) is 8.92. The van der Waals surface area contributed by atoms with Crippen molar-refractivity contribution < 1.29 is 23.5 Å². The lowest BCUT2D eigenvalue weighted by Crippen LogP contribution is -2.51. The van der Waals surface area contributed by atoms with Crippen LogP contribution in [-0.2, 0) is 27.4 Å². The van der Waals surface area contributed by atoms with Gasteiger partial charge in [0.1, 0.15) is 11.6 Å². The van der Waals surface area contributed by atoms with Gasteiger partial charge in [0.05, 0.1) is 35.9 Å². The number of Topliss-reactive ketones (excluding diaryl/α,β-unsaturated/α-hetero) is 1. The number of likely N-dealkylation sites (tertiary alicyclic amines) is 1. The first-order valence-electron chi connectivity index (χ1n) is 16.6. The molecule has 2 aliphatic rings. The molecular weight excluding hydrogens is 652 g/mol. The minimum atomic E-state index is -0.895. The molecule has 6 rings (SSSR count). The van der Waals surface area contributed by atoms with E-state index in [1.165, 1.54) is 0 Å². The Morgan fingerprint density at radius 1 is 1.15 bits per heavy atom. The molecule has 0 saturated carbocycles. The van der Waals surface area contributed by atoms with Gasteiger partial charge in [-0.25, -0.2) is 9.97 Å². The number of nitrogens with one attached hydrogen (secondary N) is 2. The highest BCUT2D eigenvalue weighted by molar-refractivity contribution is 7.09. The van der Waals surface area contributed by atoms with Gasteiger partial charge >= 0.3 is 0 Å². The molecule has 13 heteroatoms. The van der Waals surface area contributed by atoms with Crippen LogP contribution in [0.25, 0.3) is 11.1 Å². The molecule has 0 bridgehead atoms. The summed E-state index contributed by atoms with van der Waals surface area (Å²) in [5.74, 6) is -0.772. The molecule has 4 atom stereocenters. The molecule has 4 aromatic rings. The van der Waals surface area contributed by atoms with E-state index in [1.54, 1.807) is 46.6 Å². The summed E-state index contributed by atoms with van der Waals surface area (Å²) in [5, 5.41) is 9.96. The number of ether oxygens (including phenoxy) is 1. The lowest BCUT2D eigenvalue weighted by atomic mass is 10.0. The zero-order valence-electron chi connectivity index (χ0n) is 26.7. The van der Waals surface area contributed by atoms with E-state index in [4.69, 9.17) is 31.5 Å². The van der Waals surface area contributed by atoms with Gasteiger partial charge in [-0.3, -0.25) is 14.4 Å². The van der Waals surface area contributed by atoms with Gasteiger partial charge in [-0.05, 0) is 75.0 Å². The van der Waals surface area contributed by atoms with E-state index in [9.17, 15) is 14.4 Å². The summed E-state index contributed by atoms with van der Waals surface area (Å²) in [6.07, 6.45) is 3.81. The summed E-state index contributed by atoms with van der Waals surface area (Å²) in [6.45, 7) is 2.91. The van der Waals surface area contributed by atoms with Crippen molar-refractivity contribution in [3.05, 3.63) is 81.1 Å². The Hall–Kier alpha value is -3.68. The van der Waals surface area contributed by atoms with Crippen LogP contribution in [0.5, 0.6) is 0 Å². The molecule has 4 N–H and O–H groups in total. The Morgan fingerprint density at radius 2 is 1.98 bits per heavy atom. The molecule has 2 aromatic heterocycles. The second kappa shape index (κ2) is 16.1. The largest absolute Gasteiger partial charge is 0.434 e. The predicted molar refractivity (Wildman–Crippen MR) is 184 cm³/mol. The van der Waals surface area contributed by atoms with Crippen LogP contribution in [0.15, 0.2) is 58.3 Å². The van der Waals surface area contributed by atoms with Crippen molar-refractivity contribution >= 4 is 51.6 Å². The van der Waals surface area contributed by atoms with Gasteiger partial charge in [-0.1, -0.05) is 35.9 Å². The molecule has 0 unspecified atom stereocenters. The van der Waals surface area contributed by atoms with Crippen molar-refractivity contribution in [3.8, 4) is 0 Å². The van der Waals surface area contributed by atoms with Crippen molar-refractivity contribution in [1.29, 1.82) is 0 Å². The first-order chi connectivity index (χ1) is 23.4. The third-order valence-corrected chi connectivity index (χ3v) is 10.2. The van der Waals surface area contributed by atoms with Gasteiger partial charge in [0.15, 0.2) is 5.58 Å². The number of nitrogens with zero attached hydrogens (tertiary/aromatic N) is 3. The van der Waals surface area contributed by atoms with Crippen LogP contribution in [0.4, 0.5) is 0 Å². The second-order valence-corrected chi connectivity index (χ2v) is 13.8. The maximum atomic E-state index is 14.0. The van der Waals surface area contributed by atoms with E-state index in [0.29, 0.717) is 60.1 Å². The number of thiazole rings is 1. The fraction of sp³-hybridized carbons (Fsp3) is 0.457. The number of unbranched alkanes of at least 4 members (excludes halogenated alkanes) is 1. The number of fused-ring (bicyclic) bond motifs is 1. The molecule has 2 aliphatic heterocycles. The normalized spacial score (nSPS) is 20.2. The highest BCUT2D eigenvalue weighted by Gasteiger charge is 2.41. The average molecular weight is 693 g/mol. The smallest absolute Gasteiger partial charge is 0.266 e. The number of halogens is 1. The number of carbonyl (C=O) groups excluding carboxylic acids is 3. The van der Waals surface area contributed by atoms with E-state index in [2.05, 4.69) is 15.6 Å². The molecule has 0 radical (unpaired) electrons. The zero-order chi connectivity index (χ0) is 33.5. The average Bonchev–Trinajstić information content (AvgIpc) is 3.86. The van der Waals surface area contributed by atoms with Gasteiger partial charge in [0.2, 0.25) is 17.6 Å². The van der Waals surface area contributed by atoms with Gasteiger partial charge in [-0.2, -0.15) is 0 Å². The SMILES string of the molecule is NCCCC[C@H](NC(=O)[C@@H]1C[C@@H](OCc2ccc(Cl)cc2)CN1C(=O)Cc1csc([C@H]2CCCNC2)n1)C(=O)c1nc2ccccc2o1. The lowest BCUT2D eigenvalue weighted by molar-refractivity contribution is -0.138. The molecular formula is C35H41ClN6O5S. The molecule has 2 saturated heterocycles. The minimum absolute atomic E-state index is 0.0646. The highest BCUT2D eigenvalue weighted by Crippen LogP contribution is 2.28. The number of nitrogens with two attached hydrogens (primary N) is 1. The number of amides is 2. The summed E-state index contributed by atoms with van der Waals surface area (Å²) in [7, 11) is 0. The Bertz CT molecular complexity index is 1670. The maximum Gasteiger partial charge on any atom is 0.266 e. The van der Waals surface area contributed by atoms with Gasteiger partial charge in [-0.15, -0.1) is 11.3 Å². The first kappa shape index (κ1) is 34.2. The molecule has 2 amide bonds. The Labute approximate surface area is 288 Å². The van der Waals surface area contributed by atoms with Crippen molar-refractivity contribution in [3.63, 3.8) is 0 Å². The van der Waals surface area contributed by atoms with E-state index in [1.807, 2.05) is 23.6 Å². The zero-order valence-corrected chi connectivity index (χ0v) is 28.3. The second-order valence-electron chi connectivity index (χ2n) is 12.5. The standard InChI is InChI=1S/C35H41ClN6O5S/c36-24-12-10-22(11-13-24)20-46-26-17-29(42(19-26)31(43)16-25-21-48-35(39-25)23-6-5-15-38-18-23)33(45)40-28(8-3-4-14-37)32(44)34-41-27-7-1-2-9-30(27)47-34/h1-2,7,9-13,21,23,26,28-29,38H,3-6,8,14-20,37H2,(H,40,45)/t23-,26+,28-,29-/m0/s1. The number of carbonyl (C=O) groups is 3. The van der Waals surface area contributed by atoms with Crippen LogP contribution < -0.4 is 16.4 Å². The molecule has 4 heterocycles. The first-order valence-corrected chi connectivity index (χ1v) is 17.8. The van der Waals surface area contributed by atoms with Gasteiger partial charge < -0.3 is 30.4 Å². The molecule has 2 fully saturated rings. The fourth-order valence-electron chi connectivity index (χ4n) is 6.30. The molecule has 48 heavy (non-hydrogen) atoms. The number of piperidine rings is 1. The number of benzene rings is 2. The van der Waals surface area contributed by atoms with E-state index < -0.39 is 23.8 Å². The van der Waals surface area contributed by atoms with Crippen LogP contribution in [0.2, 0.25) is 5.02 Å². The molecule has 11 nitrogen and oxygen atoms in total. The Balaban J connectivity index is 1.18. The predicted octanol–water partition coefficient (Wildman–Crippen LogP) is 4.63. The van der Waals surface area contributed by atoms with Crippen LogP contribution in [-0.4, -0.2) is 76.8 Å². The fourth-order valence-corrected chi connectivity index (χ4v) is 7.39. The van der Waals surface area contributed by atoms with Crippen molar-refractivity contribution in [1.82, 2.24) is 25.5 Å². The number of hydrogen-bond acceptors (Lipinski definition) is 10. The minimum Gasteiger partial charge on any atom is -0.434 e. The van der Waals surface area contributed by atoms with Crippen LogP contribution >= 0.6 is 22.9 Å². The number of oxazole rings is 1. The maximum absolute atomic E-state index is 14.0. The van der Waals surface area contributed by atoms with Crippen LogP contribution in [0, 0.1) is 0 Å². The lowest BCUT2D eigenvalue weighted by Gasteiger charge is -2.25. The topological polar surface area (TPSA) is 153 Å². The van der Waals surface area contributed by atoms with E-state index in [-0.39, 0.29) is 37.3 Å². The number of aromatic nitrogens is 2. The summed E-state index contributed by atoms with van der Waals surface area (Å²) >= 11 is 7.62. The summed E-state index contributed by atoms with van der Waals surface area (Å²) in [5.41, 5.74) is 8.41. The Morgan fingerprint density at radius 3 is 2.75 bits per heavy atom. The summed E-state index contributed by atoms with van der Waals surface area (Å²) < 4.78 is 12.0. The summed E-state index contributed by atoms with van der Waals surface area (Å²) in [6, 6.07) is 12.8.